The molecule has 1 fully saturated rings. The number of anilines is 1. The van der Waals surface area contributed by atoms with Crippen molar-refractivity contribution in [2.45, 2.75) is 38.6 Å². The molecule has 1 N–H and O–H groups in total. The number of aromatic nitrogens is 2. The van der Waals surface area contributed by atoms with Gasteiger partial charge in [0.15, 0.2) is 0 Å². The standard InChI is InChI=1S/C12H18ClN3S/c1-2-3-10-11(13)14-8-15-12(10)16-9-4-6-17-7-5-9/h8-9H,2-7H2,1H3,(H,14,15,16). The van der Waals surface area contributed by atoms with E-state index in [1.165, 1.54) is 24.3 Å². The third kappa shape index (κ3) is 3.49. The predicted molar refractivity (Wildman–Crippen MR) is 75.0 cm³/mol. The van der Waals surface area contributed by atoms with Crippen molar-refractivity contribution in [3.05, 3.63) is 17.0 Å². The van der Waals surface area contributed by atoms with Gasteiger partial charge in [-0.15, -0.1) is 0 Å². The highest BCUT2D eigenvalue weighted by atomic mass is 35.5. The molecule has 0 aromatic carbocycles. The molecule has 0 aliphatic carbocycles. The average molecular weight is 272 g/mol. The van der Waals surface area contributed by atoms with E-state index in [4.69, 9.17) is 11.6 Å². The predicted octanol–water partition coefficient (Wildman–Crippen LogP) is 3.39. The molecule has 1 aliphatic heterocycles. The van der Waals surface area contributed by atoms with Gasteiger partial charge in [-0.2, -0.15) is 11.8 Å². The Morgan fingerprint density at radius 1 is 1.41 bits per heavy atom. The lowest BCUT2D eigenvalue weighted by Crippen LogP contribution is -2.25. The van der Waals surface area contributed by atoms with Crippen molar-refractivity contribution in [2.24, 2.45) is 0 Å². The molecular formula is C12H18ClN3S. The molecule has 0 spiro atoms. The molecule has 0 unspecified atom stereocenters. The lowest BCUT2D eigenvalue weighted by atomic mass is 10.1. The van der Waals surface area contributed by atoms with E-state index in [2.05, 4.69) is 22.2 Å². The largest absolute Gasteiger partial charge is 0.367 e. The number of hydrogen-bond donors (Lipinski definition) is 1. The summed E-state index contributed by atoms with van der Waals surface area (Å²) in [4.78, 5) is 8.40. The molecule has 94 valence electrons. The van der Waals surface area contributed by atoms with Crippen LogP contribution < -0.4 is 5.32 Å². The second-order valence-electron chi connectivity index (χ2n) is 4.27. The molecule has 0 amide bonds. The molecule has 0 atom stereocenters. The van der Waals surface area contributed by atoms with E-state index in [9.17, 15) is 0 Å². The van der Waals surface area contributed by atoms with Crippen LogP contribution in [0.2, 0.25) is 5.15 Å². The summed E-state index contributed by atoms with van der Waals surface area (Å²) >= 11 is 8.16. The molecule has 5 heteroatoms. The van der Waals surface area contributed by atoms with Crippen LogP contribution in [-0.4, -0.2) is 27.5 Å². The first-order valence-electron chi connectivity index (χ1n) is 6.15. The molecule has 3 nitrogen and oxygen atoms in total. The third-order valence-electron chi connectivity index (χ3n) is 2.95. The maximum atomic E-state index is 6.13. The first-order valence-corrected chi connectivity index (χ1v) is 7.68. The van der Waals surface area contributed by atoms with Crippen LogP contribution >= 0.6 is 23.4 Å². The second kappa shape index (κ2) is 6.45. The van der Waals surface area contributed by atoms with E-state index in [1.807, 2.05) is 11.8 Å². The molecule has 0 radical (unpaired) electrons. The maximum Gasteiger partial charge on any atom is 0.137 e. The Hall–Kier alpha value is -0.480. The minimum Gasteiger partial charge on any atom is -0.367 e. The van der Waals surface area contributed by atoms with Crippen molar-refractivity contribution in [1.82, 2.24) is 9.97 Å². The summed E-state index contributed by atoms with van der Waals surface area (Å²) in [6.07, 6.45) is 5.95. The second-order valence-corrected chi connectivity index (χ2v) is 5.86. The molecule has 1 aromatic heterocycles. The van der Waals surface area contributed by atoms with Crippen LogP contribution in [0.5, 0.6) is 0 Å². The SMILES string of the molecule is CCCc1c(Cl)ncnc1NC1CCSCC1. The van der Waals surface area contributed by atoms with Crippen molar-refractivity contribution in [1.29, 1.82) is 0 Å². The van der Waals surface area contributed by atoms with Gasteiger partial charge in [0.05, 0.1) is 0 Å². The summed E-state index contributed by atoms with van der Waals surface area (Å²) in [6.45, 7) is 2.14. The topological polar surface area (TPSA) is 37.8 Å². The Balaban J connectivity index is 2.10. The Labute approximate surface area is 112 Å². The maximum absolute atomic E-state index is 6.13. The smallest absolute Gasteiger partial charge is 0.137 e. The van der Waals surface area contributed by atoms with E-state index in [0.717, 1.165) is 24.2 Å². The fourth-order valence-electron chi connectivity index (χ4n) is 2.02. The number of halogens is 1. The van der Waals surface area contributed by atoms with Crippen LogP contribution in [-0.2, 0) is 6.42 Å². The van der Waals surface area contributed by atoms with Crippen molar-refractivity contribution < 1.29 is 0 Å². The molecule has 2 heterocycles. The number of nitrogens with zero attached hydrogens (tertiary/aromatic N) is 2. The molecule has 1 saturated heterocycles. The summed E-state index contributed by atoms with van der Waals surface area (Å²) in [5, 5.41) is 4.12. The lowest BCUT2D eigenvalue weighted by molar-refractivity contribution is 0.661. The van der Waals surface area contributed by atoms with E-state index in [-0.39, 0.29) is 0 Å². The van der Waals surface area contributed by atoms with Crippen LogP contribution in [0.15, 0.2) is 6.33 Å². The summed E-state index contributed by atoms with van der Waals surface area (Å²) in [7, 11) is 0. The summed E-state index contributed by atoms with van der Waals surface area (Å²) in [6, 6.07) is 0.540. The van der Waals surface area contributed by atoms with Gasteiger partial charge in [0.25, 0.3) is 0 Å². The minimum atomic E-state index is 0.540. The molecule has 2 rings (SSSR count). The Kier molecular flexibility index (Phi) is 4.92. The van der Waals surface area contributed by atoms with Gasteiger partial charge in [0.2, 0.25) is 0 Å². The number of thioether (sulfide) groups is 1. The highest BCUT2D eigenvalue weighted by molar-refractivity contribution is 7.99. The van der Waals surface area contributed by atoms with Crippen LogP contribution in [0.4, 0.5) is 5.82 Å². The normalized spacial score (nSPS) is 17.1. The Bertz CT molecular complexity index is 367. The van der Waals surface area contributed by atoms with Gasteiger partial charge in [0.1, 0.15) is 17.3 Å². The first-order chi connectivity index (χ1) is 8.31. The van der Waals surface area contributed by atoms with Crippen LogP contribution in [0.25, 0.3) is 0 Å². The monoisotopic (exact) mass is 271 g/mol. The first kappa shape index (κ1) is 13.0. The highest BCUT2D eigenvalue weighted by Gasteiger charge is 2.16. The van der Waals surface area contributed by atoms with Crippen LogP contribution in [0.3, 0.4) is 0 Å². The fraction of sp³-hybridized carbons (Fsp3) is 0.667. The zero-order valence-corrected chi connectivity index (χ0v) is 11.7. The van der Waals surface area contributed by atoms with Gasteiger partial charge in [-0.25, -0.2) is 9.97 Å². The van der Waals surface area contributed by atoms with Crippen molar-refractivity contribution in [2.75, 3.05) is 16.8 Å². The Morgan fingerprint density at radius 2 is 2.18 bits per heavy atom. The fourth-order valence-corrected chi connectivity index (χ4v) is 3.36. The van der Waals surface area contributed by atoms with Crippen LogP contribution in [0, 0.1) is 0 Å². The number of rotatable bonds is 4. The lowest BCUT2D eigenvalue weighted by Gasteiger charge is -2.24. The molecule has 0 saturated carbocycles. The summed E-state index contributed by atoms with van der Waals surface area (Å²) in [5.41, 5.74) is 1.06. The van der Waals surface area contributed by atoms with E-state index < -0.39 is 0 Å². The summed E-state index contributed by atoms with van der Waals surface area (Å²) < 4.78 is 0. The highest BCUT2D eigenvalue weighted by Crippen LogP contribution is 2.25. The van der Waals surface area contributed by atoms with Gasteiger partial charge < -0.3 is 5.32 Å². The van der Waals surface area contributed by atoms with Crippen molar-refractivity contribution in [3.63, 3.8) is 0 Å². The molecule has 0 bridgehead atoms. The van der Waals surface area contributed by atoms with Gasteiger partial charge in [0, 0.05) is 11.6 Å². The van der Waals surface area contributed by atoms with Gasteiger partial charge in [-0.1, -0.05) is 24.9 Å². The Morgan fingerprint density at radius 3 is 2.88 bits per heavy atom. The molecular weight excluding hydrogens is 254 g/mol. The van der Waals surface area contributed by atoms with Gasteiger partial charge in [-0.05, 0) is 30.8 Å². The molecule has 1 aliphatic rings. The van der Waals surface area contributed by atoms with Crippen molar-refractivity contribution >= 4 is 29.2 Å². The molecule has 1 aromatic rings. The van der Waals surface area contributed by atoms with E-state index >= 15 is 0 Å². The van der Waals surface area contributed by atoms with Gasteiger partial charge >= 0.3 is 0 Å². The summed E-state index contributed by atoms with van der Waals surface area (Å²) in [5.74, 6) is 3.41. The van der Waals surface area contributed by atoms with Gasteiger partial charge in [-0.3, -0.25) is 0 Å². The van der Waals surface area contributed by atoms with E-state index in [0.29, 0.717) is 11.2 Å². The quantitative estimate of drug-likeness (QED) is 0.852. The minimum absolute atomic E-state index is 0.540. The number of nitrogens with one attached hydrogen (secondary N) is 1. The average Bonchev–Trinajstić information content (AvgIpc) is 2.35. The zero-order chi connectivity index (χ0) is 12.1. The zero-order valence-electron chi connectivity index (χ0n) is 10.1. The number of hydrogen-bond acceptors (Lipinski definition) is 4. The van der Waals surface area contributed by atoms with E-state index in [1.54, 1.807) is 6.33 Å². The van der Waals surface area contributed by atoms with Crippen LogP contribution in [0.1, 0.15) is 31.7 Å². The van der Waals surface area contributed by atoms with Crippen molar-refractivity contribution in [3.8, 4) is 0 Å². The third-order valence-corrected chi connectivity index (χ3v) is 4.33. The molecule has 17 heavy (non-hydrogen) atoms.